The fraction of sp³-hybridized carbons (Fsp3) is 0.818. The molecule has 107 valence electrons. The van der Waals surface area contributed by atoms with Crippen LogP contribution in [0.2, 0.25) is 0 Å². The smallest absolute Gasteiger partial charge is 0.462 e. The van der Waals surface area contributed by atoms with E-state index in [-0.39, 0.29) is 33.0 Å². The summed E-state index contributed by atoms with van der Waals surface area (Å²) in [5, 5.41) is 0. The first kappa shape index (κ1) is 17.9. The van der Waals surface area contributed by atoms with E-state index in [9.17, 15) is 13.6 Å². The summed E-state index contributed by atoms with van der Waals surface area (Å²) in [7, 11) is 0. The Labute approximate surface area is 118 Å². The van der Waals surface area contributed by atoms with Gasteiger partial charge >= 0.3 is 31.7 Å². The molecule has 1 heterocycles. The predicted molar refractivity (Wildman–Crippen MR) is 55.3 cm³/mol. The maximum atomic E-state index is 13.6. The quantitative estimate of drug-likeness (QED) is 0.493. The first-order valence-electron chi connectivity index (χ1n) is 5.40. The van der Waals surface area contributed by atoms with Gasteiger partial charge in [0, 0.05) is 0 Å². The van der Waals surface area contributed by atoms with Gasteiger partial charge in [0.15, 0.2) is 5.79 Å². The summed E-state index contributed by atoms with van der Waals surface area (Å²) < 4.78 is 42.0. The molecule has 0 aromatic heterocycles. The summed E-state index contributed by atoms with van der Waals surface area (Å²) in [6.07, 6.45) is -0.926. The number of carbonyl (C=O) groups excluding carboxylic acids is 1. The molecule has 0 amide bonds. The predicted octanol–water partition coefficient (Wildman–Crippen LogP) is 1.78. The Hall–Kier alpha value is -0.114. The number of esters is 1. The Kier molecular flexibility index (Phi) is 6.32. The van der Waals surface area contributed by atoms with E-state index in [1.807, 2.05) is 0 Å². The largest absolute Gasteiger partial charge is 1.00 e. The van der Waals surface area contributed by atoms with Crippen molar-refractivity contribution >= 4 is 5.97 Å². The van der Waals surface area contributed by atoms with Gasteiger partial charge in [0.2, 0.25) is 0 Å². The zero-order valence-electron chi connectivity index (χ0n) is 10.5. The second-order valence-electron chi connectivity index (χ2n) is 4.32. The molecule has 1 unspecified atom stereocenters. The minimum Gasteiger partial charge on any atom is -0.462 e. The summed E-state index contributed by atoms with van der Waals surface area (Å²) in [6.45, 7) is 7.87. The van der Waals surface area contributed by atoms with Gasteiger partial charge in [-0.3, -0.25) is 0 Å². The number of halogens is 2. The maximum absolute atomic E-state index is 13.6. The van der Waals surface area contributed by atoms with Crippen molar-refractivity contribution in [2.45, 2.75) is 38.6 Å². The zero-order valence-corrected chi connectivity index (χ0v) is 13.1. The summed E-state index contributed by atoms with van der Waals surface area (Å²) in [5.74, 6) is -7.72. The van der Waals surface area contributed by atoms with Crippen molar-refractivity contribution < 1.29 is 47.6 Å². The van der Waals surface area contributed by atoms with Crippen LogP contribution in [-0.2, 0) is 38.8 Å². The van der Waals surface area contributed by atoms with Crippen LogP contribution in [0.5, 0.6) is 0 Å². The molecule has 0 saturated carbocycles. The third kappa shape index (κ3) is 3.94. The Morgan fingerprint density at radius 3 is 2.56 bits per heavy atom. The van der Waals surface area contributed by atoms with Crippen LogP contribution in [0, 0.1) is 12.8 Å². The minimum atomic E-state index is -3.68. The average molecular weight is 441 g/mol. The van der Waals surface area contributed by atoms with Gasteiger partial charge in [0.05, 0.1) is 19.3 Å². The normalized spacial score (nSPS) is 24.2. The molecule has 0 aromatic carbocycles. The van der Waals surface area contributed by atoms with Crippen molar-refractivity contribution in [1.82, 2.24) is 0 Å². The van der Waals surface area contributed by atoms with Crippen LogP contribution in [0.3, 0.4) is 0 Å². The van der Waals surface area contributed by atoms with E-state index >= 15 is 0 Å². The molecule has 1 fully saturated rings. The van der Waals surface area contributed by atoms with Crippen LogP contribution in [0.4, 0.5) is 8.78 Å². The number of alkyl halides is 2. The molecule has 0 aromatic rings. The van der Waals surface area contributed by atoms with E-state index < -0.39 is 29.7 Å². The van der Waals surface area contributed by atoms with Crippen molar-refractivity contribution in [1.29, 1.82) is 0 Å². The first-order chi connectivity index (χ1) is 7.70. The molecule has 1 aliphatic rings. The number of ether oxygens (including phenoxy) is 3. The molecule has 1 rings (SSSR count). The number of hydrogen-bond acceptors (Lipinski definition) is 4. The molecule has 0 bridgehead atoms. The molecule has 7 heteroatoms. The molecule has 4 nitrogen and oxygen atoms in total. The Morgan fingerprint density at radius 2 is 2.17 bits per heavy atom. The fourth-order valence-corrected chi connectivity index (χ4v) is 1.53. The monoisotopic (exact) mass is 443 g/mol. The Balaban J connectivity index is 0.00000289. The topological polar surface area (TPSA) is 44.8 Å². The second-order valence-corrected chi connectivity index (χ2v) is 4.32. The number of rotatable bonds is 4. The number of hydrogen-bond donors (Lipinski definition) is 0. The van der Waals surface area contributed by atoms with Gasteiger partial charge in [-0.05, 0) is 20.8 Å². The molecule has 2 atom stereocenters. The van der Waals surface area contributed by atoms with Gasteiger partial charge in [-0.25, -0.2) is 4.79 Å². The third-order valence-electron chi connectivity index (χ3n) is 2.49. The maximum Gasteiger partial charge on any atom is 1.00 e. The molecule has 1 radical (unpaired) electrons. The third-order valence-corrected chi connectivity index (χ3v) is 2.49. The van der Waals surface area contributed by atoms with Crippen molar-refractivity contribution in [2.24, 2.45) is 5.92 Å². The van der Waals surface area contributed by atoms with Crippen LogP contribution < -0.4 is 0 Å². The molecule has 1 saturated heterocycles. The summed E-state index contributed by atoms with van der Waals surface area (Å²) in [5.41, 5.74) is 0. The molecule has 0 spiro atoms. The van der Waals surface area contributed by atoms with E-state index in [0.717, 1.165) is 0 Å². The van der Waals surface area contributed by atoms with Gasteiger partial charge in [0.25, 0.3) is 0 Å². The van der Waals surface area contributed by atoms with E-state index in [2.05, 4.69) is 11.7 Å². The molecular weight excluding hydrogens is 424 g/mol. The second kappa shape index (κ2) is 6.36. The first-order valence-corrected chi connectivity index (χ1v) is 5.40. The zero-order chi connectivity index (χ0) is 13.3. The van der Waals surface area contributed by atoms with Crippen LogP contribution in [-0.4, -0.2) is 37.0 Å². The Morgan fingerprint density at radius 1 is 1.61 bits per heavy atom. The van der Waals surface area contributed by atoms with E-state index in [0.29, 0.717) is 0 Å². The fourth-order valence-electron chi connectivity index (χ4n) is 1.53. The van der Waals surface area contributed by atoms with Crippen molar-refractivity contribution in [3.05, 3.63) is 6.92 Å². The van der Waals surface area contributed by atoms with Crippen LogP contribution in [0.25, 0.3) is 0 Å². The molecule has 1 aliphatic heterocycles. The van der Waals surface area contributed by atoms with E-state index in [1.165, 1.54) is 6.92 Å². The SMILES string of the molecule is [CH2-]C([C@H]1COC(C)(C)O1)C(F)(F)C(=O)OCC.[Os+]. The van der Waals surface area contributed by atoms with Gasteiger partial charge in [-0.2, -0.15) is 8.78 Å². The van der Waals surface area contributed by atoms with Gasteiger partial charge in [-0.1, -0.05) is 5.92 Å². The van der Waals surface area contributed by atoms with E-state index in [1.54, 1.807) is 13.8 Å². The van der Waals surface area contributed by atoms with E-state index in [4.69, 9.17) is 9.47 Å². The minimum absolute atomic E-state index is 0. The van der Waals surface area contributed by atoms with Crippen LogP contribution >= 0.6 is 0 Å². The standard InChI is InChI=1S/C11H17F2O4.Os/c1-5-15-9(14)11(12,13)7(2)8-6-16-10(3,4)17-8;/h7-8H,2,5-6H2,1,3-4H3;/q-1;+1/t7?,8-;/m1./s1. The summed E-state index contributed by atoms with van der Waals surface area (Å²) >= 11 is 0. The van der Waals surface area contributed by atoms with Gasteiger partial charge < -0.3 is 21.1 Å². The van der Waals surface area contributed by atoms with Gasteiger partial charge in [-0.15, -0.1) is 0 Å². The van der Waals surface area contributed by atoms with Crippen molar-refractivity contribution in [2.75, 3.05) is 13.2 Å². The summed E-state index contributed by atoms with van der Waals surface area (Å²) in [4.78, 5) is 11.1. The van der Waals surface area contributed by atoms with Crippen LogP contribution in [0.1, 0.15) is 20.8 Å². The Bertz CT molecular complexity index is 297. The van der Waals surface area contributed by atoms with Crippen LogP contribution in [0.15, 0.2) is 0 Å². The van der Waals surface area contributed by atoms with Gasteiger partial charge in [0.1, 0.15) is 0 Å². The van der Waals surface area contributed by atoms with Crippen molar-refractivity contribution in [3.63, 3.8) is 0 Å². The molecule has 18 heavy (non-hydrogen) atoms. The number of carbonyl (C=O) groups is 1. The summed E-state index contributed by atoms with van der Waals surface area (Å²) in [6, 6.07) is 0. The average Bonchev–Trinajstić information content (AvgIpc) is 2.58. The molecular formula is C11H17F2O4Os. The molecule has 0 N–H and O–H groups in total. The molecule has 0 aliphatic carbocycles. The van der Waals surface area contributed by atoms with Crippen molar-refractivity contribution in [3.8, 4) is 0 Å².